The molecule has 2 aromatic rings. The second-order valence-electron chi connectivity index (χ2n) is 4.11. The average Bonchev–Trinajstić information content (AvgIpc) is 2.33. The van der Waals surface area contributed by atoms with Crippen LogP contribution in [0.2, 0.25) is 0 Å². The highest BCUT2D eigenvalue weighted by Gasteiger charge is 2.09. The molecule has 0 unspecified atom stereocenters. The zero-order chi connectivity index (χ0) is 14.0. The van der Waals surface area contributed by atoms with Gasteiger partial charge >= 0.3 is 5.97 Å². The van der Waals surface area contributed by atoms with E-state index in [0.717, 1.165) is 14.8 Å². The predicted molar refractivity (Wildman–Crippen MR) is 80.9 cm³/mol. The van der Waals surface area contributed by atoms with Crippen LogP contribution >= 0.6 is 22.6 Å². The molecule has 0 aliphatic rings. The molecule has 2 rings (SSSR count). The minimum absolute atomic E-state index is 0.0155. The molecule has 0 atom stereocenters. The molecule has 0 saturated carbocycles. The molecule has 5 nitrogen and oxygen atoms in total. The summed E-state index contributed by atoms with van der Waals surface area (Å²) in [5.41, 5.74) is 2.51. The van der Waals surface area contributed by atoms with Gasteiger partial charge in [-0.05, 0) is 60.2 Å². The Morgan fingerprint density at radius 2 is 2.00 bits per heavy atom. The van der Waals surface area contributed by atoms with E-state index in [2.05, 4.69) is 37.9 Å². The number of benzene rings is 1. The van der Waals surface area contributed by atoms with Gasteiger partial charge in [-0.2, -0.15) is 0 Å². The van der Waals surface area contributed by atoms with Crippen LogP contribution in [-0.4, -0.2) is 21.0 Å². The summed E-state index contributed by atoms with van der Waals surface area (Å²) < 4.78 is 1.08. The third-order valence-corrected chi connectivity index (χ3v) is 3.19. The van der Waals surface area contributed by atoms with Crippen molar-refractivity contribution in [2.75, 3.05) is 5.32 Å². The molecule has 0 spiro atoms. The van der Waals surface area contributed by atoms with Gasteiger partial charge in [0.15, 0.2) is 5.69 Å². The maximum absolute atomic E-state index is 11.0. The second-order valence-corrected chi connectivity index (χ2v) is 5.35. The number of nitrogens with zero attached hydrogens (tertiary/aromatic N) is 2. The van der Waals surface area contributed by atoms with Crippen molar-refractivity contribution in [2.24, 2.45) is 0 Å². The van der Waals surface area contributed by atoms with E-state index in [1.165, 1.54) is 6.07 Å². The van der Waals surface area contributed by atoms with Crippen molar-refractivity contribution in [3.05, 3.63) is 44.8 Å². The largest absolute Gasteiger partial charge is 0.477 e. The molecule has 0 saturated heterocycles. The standard InChI is InChI=1S/C13H12IN3O2/c1-7-3-4-9(14)6-10(7)16-13-15-8(2)5-11(17-13)12(18)19/h3-6H,1-2H3,(H,18,19)(H,15,16,17). The highest BCUT2D eigenvalue weighted by atomic mass is 127. The normalized spacial score (nSPS) is 10.3. The molecule has 0 amide bonds. The van der Waals surface area contributed by atoms with E-state index in [9.17, 15) is 4.79 Å². The predicted octanol–water partition coefficient (Wildman–Crippen LogP) is 3.14. The van der Waals surface area contributed by atoms with Gasteiger partial charge in [-0.1, -0.05) is 6.07 Å². The van der Waals surface area contributed by atoms with E-state index in [0.29, 0.717) is 11.6 Å². The number of aryl methyl sites for hydroxylation is 2. The molecule has 1 aromatic heterocycles. The molecular formula is C13H12IN3O2. The van der Waals surface area contributed by atoms with Gasteiger partial charge in [0.25, 0.3) is 0 Å². The summed E-state index contributed by atoms with van der Waals surface area (Å²) in [6.07, 6.45) is 0. The number of aromatic nitrogens is 2. The lowest BCUT2D eigenvalue weighted by molar-refractivity contribution is 0.0690. The highest BCUT2D eigenvalue weighted by Crippen LogP contribution is 2.21. The summed E-state index contributed by atoms with van der Waals surface area (Å²) in [6.45, 7) is 3.70. The quantitative estimate of drug-likeness (QED) is 0.814. The molecule has 19 heavy (non-hydrogen) atoms. The number of carboxylic acids is 1. The number of carbonyl (C=O) groups is 1. The van der Waals surface area contributed by atoms with Gasteiger partial charge in [-0.25, -0.2) is 14.8 Å². The fourth-order valence-electron chi connectivity index (χ4n) is 1.58. The number of nitrogens with one attached hydrogen (secondary N) is 1. The van der Waals surface area contributed by atoms with Crippen molar-refractivity contribution >= 4 is 40.2 Å². The van der Waals surface area contributed by atoms with Crippen LogP contribution in [-0.2, 0) is 0 Å². The van der Waals surface area contributed by atoms with Crippen molar-refractivity contribution in [3.8, 4) is 0 Å². The van der Waals surface area contributed by atoms with Crippen molar-refractivity contribution < 1.29 is 9.90 Å². The van der Waals surface area contributed by atoms with Crippen LogP contribution in [0.3, 0.4) is 0 Å². The highest BCUT2D eigenvalue weighted by molar-refractivity contribution is 14.1. The number of anilines is 2. The van der Waals surface area contributed by atoms with Crippen LogP contribution in [0.4, 0.5) is 11.6 Å². The Labute approximate surface area is 124 Å². The Kier molecular flexibility index (Phi) is 3.98. The van der Waals surface area contributed by atoms with Crippen LogP contribution in [0.15, 0.2) is 24.3 Å². The molecule has 0 aliphatic heterocycles. The van der Waals surface area contributed by atoms with Crippen molar-refractivity contribution in [3.63, 3.8) is 0 Å². The summed E-state index contributed by atoms with van der Waals surface area (Å²) in [5, 5.41) is 12.0. The third kappa shape index (κ3) is 3.40. The number of rotatable bonds is 3. The fourth-order valence-corrected chi connectivity index (χ4v) is 2.07. The Balaban J connectivity index is 2.38. The van der Waals surface area contributed by atoms with Crippen molar-refractivity contribution in [2.45, 2.75) is 13.8 Å². The maximum atomic E-state index is 11.0. The lowest BCUT2D eigenvalue weighted by atomic mass is 10.2. The topological polar surface area (TPSA) is 75.1 Å². The smallest absolute Gasteiger partial charge is 0.354 e. The van der Waals surface area contributed by atoms with E-state index in [1.54, 1.807) is 6.92 Å². The average molecular weight is 369 g/mol. The van der Waals surface area contributed by atoms with Crippen LogP contribution < -0.4 is 5.32 Å². The fraction of sp³-hybridized carbons (Fsp3) is 0.154. The lowest BCUT2D eigenvalue weighted by Crippen LogP contribution is -2.07. The number of aromatic carboxylic acids is 1. The third-order valence-electron chi connectivity index (χ3n) is 2.52. The lowest BCUT2D eigenvalue weighted by Gasteiger charge is -2.09. The molecule has 0 radical (unpaired) electrons. The number of carboxylic acid groups (broad SMARTS) is 1. The molecular weight excluding hydrogens is 357 g/mol. The Morgan fingerprint density at radius 1 is 1.26 bits per heavy atom. The summed E-state index contributed by atoms with van der Waals surface area (Å²) in [5.74, 6) is -0.768. The van der Waals surface area contributed by atoms with Gasteiger partial charge in [0.05, 0.1) is 0 Å². The molecule has 0 fully saturated rings. The zero-order valence-electron chi connectivity index (χ0n) is 10.4. The Hall–Kier alpha value is -1.70. The van der Waals surface area contributed by atoms with Crippen molar-refractivity contribution in [1.82, 2.24) is 9.97 Å². The minimum atomic E-state index is -1.06. The van der Waals surface area contributed by atoms with Gasteiger partial charge in [-0.3, -0.25) is 0 Å². The van der Waals surface area contributed by atoms with Gasteiger partial charge in [0, 0.05) is 15.0 Å². The maximum Gasteiger partial charge on any atom is 0.354 e. The van der Waals surface area contributed by atoms with Gasteiger partial charge < -0.3 is 10.4 Å². The van der Waals surface area contributed by atoms with Gasteiger partial charge in [-0.15, -0.1) is 0 Å². The van der Waals surface area contributed by atoms with E-state index in [-0.39, 0.29) is 5.69 Å². The summed E-state index contributed by atoms with van der Waals surface area (Å²) >= 11 is 2.21. The summed E-state index contributed by atoms with van der Waals surface area (Å²) in [7, 11) is 0. The van der Waals surface area contributed by atoms with E-state index in [1.807, 2.05) is 25.1 Å². The molecule has 0 aliphatic carbocycles. The summed E-state index contributed by atoms with van der Waals surface area (Å²) in [4.78, 5) is 19.1. The molecule has 6 heteroatoms. The van der Waals surface area contributed by atoms with Gasteiger partial charge in [0.2, 0.25) is 5.95 Å². The van der Waals surface area contributed by atoms with Crippen molar-refractivity contribution in [1.29, 1.82) is 0 Å². The number of hydrogen-bond donors (Lipinski definition) is 2. The van der Waals surface area contributed by atoms with Crippen LogP contribution in [0, 0.1) is 17.4 Å². The molecule has 2 N–H and O–H groups in total. The number of hydrogen-bond acceptors (Lipinski definition) is 4. The second kappa shape index (κ2) is 5.52. The minimum Gasteiger partial charge on any atom is -0.477 e. The van der Waals surface area contributed by atoms with Crippen LogP contribution in [0.5, 0.6) is 0 Å². The molecule has 1 aromatic carbocycles. The molecule has 1 heterocycles. The Morgan fingerprint density at radius 3 is 2.68 bits per heavy atom. The first-order valence-electron chi connectivity index (χ1n) is 5.58. The molecule has 98 valence electrons. The van der Waals surface area contributed by atoms with Crippen LogP contribution in [0.25, 0.3) is 0 Å². The van der Waals surface area contributed by atoms with Crippen LogP contribution in [0.1, 0.15) is 21.7 Å². The zero-order valence-corrected chi connectivity index (χ0v) is 12.6. The van der Waals surface area contributed by atoms with E-state index < -0.39 is 5.97 Å². The molecule has 0 bridgehead atoms. The van der Waals surface area contributed by atoms with E-state index >= 15 is 0 Å². The first-order valence-corrected chi connectivity index (χ1v) is 6.66. The van der Waals surface area contributed by atoms with Gasteiger partial charge in [0.1, 0.15) is 0 Å². The van der Waals surface area contributed by atoms with E-state index in [4.69, 9.17) is 5.11 Å². The summed E-state index contributed by atoms with van der Waals surface area (Å²) in [6, 6.07) is 7.38. The Bertz CT molecular complexity index is 644. The number of halogens is 1. The SMILES string of the molecule is Cc1cc(C(=O)O)nc(Nc2cc(I)ccc2C)n1. The first kappa shape index (κ1) is 13.7. The monoisotopic (exact) mass is 369 g/mol. The first-order chi connectivity index (χ1) is 8.95.